The molecule has 0 bridgehead atoms. The highest BCUT2D eigenvalue weighted by atomic mass is 79.9. The fourth-order valence-electron chi connectivity index (χ4n) is 1.57. The molecule has 5 heteroatoms. The van der Waals surface area contributed by atoms with E-state index in [1.807, 2.05) is 18.2 Å². The summed E-state index contributed by atoms with van der Waals surface area (Å²) >= 11 is 3.47. The number of nitrogens with one attached hydrogen (secondary N) is 1. The van der Waals surface area contributed by atoms with E-state index in [1.54, 1.807) is 13.8 Å². The van der Waals surface area contributed by atoms with Crippen LogP contribution in [0, 0.1) is 0 Å². The molecule has 112 valence electrons. The van der Waals surface area contributed by atoms with E-state index in [0.717, 1.165) is 16.6 Å². The largest absolute Gasteiger partial charge is 0.478 e. The molecule has 0 fully saturated rings. The van der Waals surface area contributed by atoms with Crippen LogP contribution in [0.2, 0.25) is 0 Å². The normalized spacial score (nSPS) is 12.3. The SMILES string of the molecule is CCOC(=O)C(C)Oc1ccc(CNC(C)C)cc1Br. The average molecular weight is 344 g/mol. The van der Waals surface area contributed by atoms with Crippen molar-refractivity contribution in [2.45, 2.75) is 46.4 Å². The van der Waals surface area contributed by atoms with Gasteiger partial charge in [-0.05, 0) is 47.5 Å². The molecule has 1 atom stereocenters. The van der Waals surface area contributed by atoms with Crippen LogP contribution < -0.4 is 10.1 Å². The van der Waals surface area contributed by atoms with Crippen LogP contribution in [0.5, 0.6) is 5.75 Å². The molecule has 0 radical (unpaired) electrons. The zero-order valence-corrected chi connectivity index (χ0v) is 14.0. The molecule has 0 saturated carbocycles. The van der Waals surface area contributed by atoms with E-state index in [1.165, 1.54) is 0 Å². The Balaban J connectivity index is 2.66. The summed E-state index contributed by atoms with van der Waals surface area (Å²) in [7, 11) is 0. The number of ether oxygens (including phenoxy) is 2. The summed E-state index contributed by atoms with van der Waals surface area (Å²) in [4.78, 5) is 11.5. The van der Waals surface area contributed by atoms with Crippen LogP contribution in [0.1, 0.15) is 33.3 Å². The lowest BCUT2D eigenvalue weighted by Gasteiger charge is -2.15. The van der Waals surface area contributed by atoms with Crippen molar-refractivity contribution in [1.82, 2.24) is 5.32 Å². The van der Waals surface area contributed by atoms with Gasteiger partial charge in [0, 0.05) is 12.6 Å². The van der Waals surface area contributed by atoms with Crippen LogP contribution in [0.4, 0.5) is 0 Å². The van der Waals surface area contributed by atoms with Crippen LogP contribution in [0.3, 0.4) is 0 Å². The Bertz CT molecular complexity index is 449. The van der Waals surface area contributed by atoms with Crippen molar-refractivity contribution in [3.05, 3.63) is 28.2 Å². The van der Waals surface area contributed by atoms with Gasteiger partial charge in [-0.15, -0.1) is 0 Å². The Morgan fingerprint density at radius 3 is 2.60 bits per heavy atom. The van der Waals surface area contributed by atoms with Gasteiger partial charge < -0.3 is 14.8 Å². The number of benzene rings is 1. The average Bonchev–Trinajstić information content (AvgIpc) is 2.39. The van der Waals surface area contributed by atoms with Gasteiger partial charge in [0.2, 0.25) is 0 Å². The number of hydrogen-bond acceptors (Lipinski definition) is 4. The highest BCUT2D eigenvalue weighted by Gasteiger charge is 2.17. The van der Waals surface area contributed by atoms with E-state index in [-0.39, 0.29) is 5.97 Å². The summed E-state index contributed by atoms with van der Waals surface area (Å²) in [6.07, 6.45) is -0.620. The van der Waals surface area contributed by atoms with Crippen molar-refractivity contribution < 1.29 is 14.3 Å². The van der Waals surface area contributed by atoms with Gasteiger partial charge >= 0.3 is 5.97 Å². The first-order valence-corrected chi connectivity index (χ1v) is 7.58. The third kappa shape index (κ3) is 5.51. The molecule has 1 aromatic rings. The number of hydrogen-bond donors (Lipinski definition) is 1. The summed E-state index contributed by atoms with van der Waals surface area (Å²) in [6, 6.07) is 6.26. The molecule has 0 amide bonds. The molecule has 1 N–H and O–H groups in total. The highest BCUT2D eigenvalue weighted by Crippen LogP contribution is 2.27. The molecule has 20 heavy (non-hydrogen) atoms. The third-order valence-corrected chi connectivity index (χ3v) is 3.25. The van der Waals surface area contributed by atoms with Gasteiger partial charge in [-0.2, -0.15) is 0 Å². The molecule has 0 heterocycles. The first-order chi connectivity index (χ1) is 9.43. The Morgan fingerprint density at radius 1 is 1.35 bits per heavy atom. The van der Waals surface area contributed by atoms with E-state index in [9.17, 15) is 4.79 Å². The summed E-state index contributed by atoms with van der Waals surface area (Å²) < 4.78 is 11.3. The minimum atomic E-state index is -0.620. The second-order valence-electron chi connectivity index (χ2n) is 4.81. The third-order valence-electron chi connectivity index (χ3n) is 2.63. The number of halogens is 1. The number of carbonyl (C=O) groups excluding carboxylic acids is 1. The van der Waals surface area contributed by atoms with Crippen LogP contribution in [-0.4, -0.2) is 24.7 Å². The Kier molecular flexibility index (Phi) is 7.02. The quantitative estimate of drug-likeness (QED) is 0.771. The molecule has 0 aromatic heterocycles. The van der Waals surface area contributed by atoms with Crippen LogP contribution in [0.15, 0.2) is 22.7 Å². The van der Waals surface area contributed by atoms with Gasteiger partial charge in [0.15, 0.2) is 6.10 Å². The predicted octanol–water partition coefficient (Wildman–Crippen LogP) is 3.28. The van der Waals surface area contributed by atoms with Crippen LogP contribution >= 0.6 is 15.9 Å². The molecule has 0 saturated heterocycles. The van der Waals surface area contributed by atoms with Crippen molar-refractivity contribution >= 4 is 21.9 Å². The van der Waals surface area contributed by atoms with Crippen molar-refractivity contribution in [1.29, 1.82) is 0 Å². The number of rotatable bonds is 7. The fourth-order valence-corrected chi connectivity index (χ4v) is 2.09. The molecular weight excluding hydrogens is 322 g/mol. The number of esters is 1. The van der Waals surface area contributed by atoms with Gasteiger partial charge in [0.05, 0.1) is 11.1 Å². The maximum absolute atomic E-state index is 11.5. The maximum atomic E-state index is 11.5. The van der Waals surface area contributed by atoms with E-state index >= 15 is 0 Å². The van der Waals surface area contributed by atoms with Crippen molar-refractivity contribution in [3.63, 3.8) is 0 Å². The van der Waals surface area contributed by atoms with Crippen molar-refractivity contribution in [2.75, 3.05) is 6.61 Å². The molecule has 0 aliphatic carbocycles. The molecule has 1 unspecified atom stereocenters. The lowest BCUT2D eigenvalue weighted by atomic mass is 10.2. The second kappa shape index (κ2) is 8.27. The number of carbonyl (C=O) groups is 1. The molecule has 4 nitrogen and oxygen atoms in total. The molecule has 0 spiro atoms. The molecule has 1 rings (SSSR count). The first kappa shape index (κ1) is 17.0. The zero-order chi connectivity index (χ0) is 15.1. The molecule has 0 aliphatic heterocycles. The molecule has 1 aromatic carbocycles. The van der Waals surface area contributed by atoms with Gasteiger partial charge in [-0.25, -0.2) is 4.79 Å². The summed E-state index contributed by atoms with van der Waals surface area (Å²) in [5.41, 5.74) is 1.15. The fraction of sp³-hybridized carbons (Fsp3) is 0.533. The van der Waals surface area contributed by atoms with Crippen molar-refractivity contribution in [3.8, 4) is 5.75 Å². The van der Waals surface area contributed by atoms with E-state index in [4.69, 9.17) is 9.47 Å². The minimum Gasteiger partial charge on any atom is -0.478 e. The van der Waals surface area contributed by atoms with Crippen LogP contribution in [-0.2, 0) is 16.1 Å². The van der Waals surface area contributed by atoms with Gasteiger partial charge in [-0.1, -0.05) is 19.9 Å². The summed E-state index contributed by atoms with van der Waals surface area (Å²) in [5, 5.41) is 3.35. The topological polar surface area (TPSA) is 47.6 Å². The zero-order valence-electron chi connectivity index (χ0n) is 12.4. The Morgan fingerprint density at radius 2 is 2.05 bits per heavy atom. The minimum absolute atomic E-state index is 0.355. The molecule has 0 aliphatic rings. The van der Waals surface area contributed by atoms with Crippen LogP contribution in [0.25, 0.3) is 0 Å². The van der Waals surface area contributed by atoms with Crippen molar-refractivity contribution in [2.24, 2.45) is 0 Å². The van der Waals surface area contributed by atoms with E-state index in [0.29, 0.717) is 18.4 Å². The Labute approximate surface area is 129 Å². The summed E-state index contributed by atoms with van der Waals surface area (Å²) in [5.74, 6) is 0.281. The van der Waals surface area contributed by atoms with Gasteiger partial charge in [0.25, 0.3) is 0 Å². The monoisotopic (exact) mass is 343 g/mol. The lowest BCUT2D eigenvalue weighted by Crippen LogP contribution is -2.26. The first-order valence-electron chi connectivity index (χ1n) is 6.79. The smallest absolute Gasteiger partial charge is 0.347 e. The van der Waals surface area contributed by atoms with E-state index in [2.05, 4.69) is 35.1 Å². The van der Waals surface area contributed by atoms with Gasteiger partial charge in [-0.3, -0.25) is 0 Å². The predicted molar refractivity (Wildman–Crippen MR) is 82.8 cm³/mol. The van der Waals surface area contributed by atoms with E-state index < -0.39 is 6.10 Å². The lowest BCUT2D eigenvalue weighted by molar-refractivity contribution is -0.150. The van der Waals surface area contributed by atoms with Gasteiger partial charge in [0.1, 0.15) is 5.75 Å². The maximum Gasteiger partial charge on any atom is 0.347 e. The Hall–Kier alpha value is -1.07. The highest BCUT2D eigenvalue weighted by molar-refractivity contribution is 9.10. The standard InChI is InChI=1S/C15H22BrNO3/c1-5-19-15(18)11(4)20-14-7-6-12(8-13(14)16)9-17-10(2)3/h6-8,10-11,17H,5,9H2,1-4H3. The molecular formula is C15H22BrNO3. The second-order valence-corrected chi connectivity index (χ2v) is 5.67. The summed E-state index contributed by atoms with van der Waals surface area (Å²) in [6.45, 7) is 8.81.